The summed E-state index contributed by atoms with van der Waals surface area (Å²) in [7, 11) is 0. The van der Waals surface area contributed by atoms with Crippen molar-refractivity contribution < 1.29 is 0 Å². The highest BCUT2D eigenvalue weighted by molar-refractivity contribution is 6.15. The first-order valence-corrected chi connectivity index (χ1v) is 15.6. The maximum atomic E-state index is 4.73. The number of benzene rings is 8. The molecule has 0 spiro atoms. The summed E-state index contributed by atoms with van der Waals surface area (Å²) in [4.78, 5) is 9.45. The third kappa shape index (κ3) is 4.43. The molecule has 0 saturated heterocycles. The van der Waals surface area contributed by atoms with Gasteiger partial charge in [-0.05, 0) is 95.7 Å². The van der Waals surface area contributed by atoms with Crippen molar-refractivity contribution in [2.45, 2.75) is 0 Å². The van der Waals surface area contributed by atoms with Gasteiger partial charge >= 0.3 is 0 Å². The summed E-state index contributed by atoms with van der Waals surface area (Å²) in [6.07, 6.45) is 1.68. The van der Waals surface area contributed by atoms with Crippen molar-refractivity contribution in [2.24, 2.45) is 0 Å². The largest absolute Gasteiger partial charge is 0.236 e. The SMILES string of the molecule is c1cc(-c2cc(-c3cccc(-c4cc5ccccc5c5ccccc45)c3)ncn2)cc(-c2cc3ccccc3c3ccccc23)c1. The van der Waals surface area contributed by atoms with Gasteiger partial charge in [-0.3, -0.25) is 0 Å². The van der Waals surface area contributed by atoms with Gasteiger partial charge < -0.3 is 0 Å². The average molecular weight is 585 g/mol. The van der Waals surface area contributed by atoms with Crippen LogP contribution in [-0.4, -0.2) is 9.97 Å². The fraction of sp³-hybridized carbons (Fsp3) is 0. The van der Waals surface area contributed by atoms with E-state index in [2.05, 4.69) is 164 Å². The molecule has 0 radical (unpaired) electrons. The molecule has 214 valence electrons. The van der Waals surface area contributed by atoms with Crippen molar-refractivity contribution in [1.29, 1.82) is 0 Å². The highest BCUT2D eigenvalue weighted by Gasteiger charge is 2.13. The number of fused-ring (bicyclic) bond motifs is 6. The second-order valence-electron chi connectivity index (χ2n) is 11.8. The van der Waals surface area contributed by atoms with Crippen molar-refractivity contribution in [3.8, 4) is 44.8 Å². The molecule has 0 aliphatic carbocycles. The summed E-state index contributed by atoms with van der Waals surface area (Å²) < 4.78 is 0. The van der Waals surface area contributed by atoms with Crippen LogP contribution in [0.5, 0.6) is 0 Å². The van der Waals surface area contributed by atoms with Crippen LogP contribution in [0.2, 0.25) is 0 Å². The molecule has 0 N–H and O–H groups in total. The van der Waals surface area contributed by atoms with Gasteiger partial charge in [0.1, 0.15) is 6.33 Å². The third-order valence-electron chi connectivity index (χ3n) is 9.14. The molecule has 0 fully saturated rings. The van der Waals surface area contributed by atoms with E-state index in [1.165, 1.54) is 65.3 Å². The predicted molar refractivity (Wildman–Crippen MR) is 194 cm³/mol. The van der Waals surface area contributed by atoms with Crippen LogP contribution in [0.25, 0.3) is 87.9 Å². The molecule has 1 heterocycles. The van der Waals surface area contributed by atoms with Gasteiger partial charge in [-0.2, -0.15) is 0 Å². The lowest BCUT2D eigenvalue weighted by Crippen LogP contribution is -1.91. The van der Waals surface area contributed by atoms with Gasteiger partial charge in [0, 0.05) is 11.1 Å². The van der Waals surface area contributed by atoms with Gasteiger partial charge in [-0.25, -0.2) is 9.97 Å². The molecule has 0 unspecified atom stereocenters. The van der Waals surface area contributed by atoms with Crippen LogP contribution in [0.15, 0.2) is 170 Å². The van der Waals surface area contributed by atoms with Gasteiger partial charge in [-0.15, -0.1) is 0 Å². The Balaban J connectivity index is 1.13. The van der Waals surface area contributed by atoms with Gasteiger partial charge in [0.2, 0.25) is 0 Å². The Morgan fingerprint density at radius 3 is 1.15 bits per heavy atom. The van der Waals surface area contributed by atoms with Gasteiger partial charge in [0.15, 0.2) is 0 Å². The Labute approximate surface area is 267 Å². The van der Waals surface area contributed by atoms with E-state index in [0.29, 0.717) is 0 Å². The van der Waals surface area contributed by atoms with E-state index >= 15 is 0 Å². The van der Waals surface area contributed by atoms with E-state index < -0.39 is 0 Å². The maximum Gasteiger partial charge on any atom is 0.116 e. The Morgan fingerprint density at radius 1 is 0.283 bits per heavy atom. The quantitative estimate of drug-likeness (QED) is 0.192. The number of aromatic nitrogens is 2. The molecular weight excluding hydrogens is 556 g/mol. The van der Waals surface area contributed by atoms with E-state index in [4.69, 9.17) is 9.97 Å². The summed E-state index contributed by atoms with van der Waals surface area (Å²) in [6.45, 7) is 0. The van der Waals surface area contributed by atoms with Crippen molar-refractivity contribution in [2.75, 3.05) is 0 Å². The van der Waals surface area contributed by atoms with E-state index in [1.807, 2.05) is 0 Å². The molecule has 0 amide bonds. The molecule has 0 aliphatic rings. The minimum atomic E-state index is 0.901. The minimum absolute atomic E-state index is 0.901. The van der Waals surface area contributed by atoms with Crippen molar-refractivity contribution in [3.63, 3.8) is 0 Å². The summed E-state index contributed by atoms with van der Waals surface area (Å²) in [5.41, 5.74) is 8.72. The molecule has 9 rings (SSSR count). The second kappa shape index (κ2) is 10.8. The fourth-order valence-corrected chi connectivity index (χ4v) is 6.95. The van der Waals surface area contributed by atoms with Gasteiger partial charge in [0.25, 0.3) is 0 Å². The normalized spacial score (nSPS) is 11.5. The Morgan fingerprint density at radius 2 is 0.674 bits per heavy atom. The highest BCUT2D eigenvalue weighted by Crippen LogP contribution is 2.38. The van der Waals surface area contributed by atoms with Crippen LogP contribution >= 0.6 is 0 Å². The lowest BCUT2D eigenvalue weighted by atomic mass is 9.92. The maximum absolute atomic E-state index is 4.73. The molecular formula is C44H28N2. The Hall–Kier alpha value is -6.12. The molecule has 0 aliphatic heterocycles. The minimum Gasteiger partial charge on any atom is -0.236 e. The van der Waals surface area contributed by atoms with Crippen molar-refractivity contribution in [3.05, 3.63) is 170 Å². The summed E-state index contributed by atoms with van der Waals surface area (Å²) in [5.74, 6) is 0. The third-order valence-corrected chi connectivity index (χ3v) is 9.14. The molecule has 1 aromatic heterocycles. The predicted octanol–water partition coefficient (Wildman–Crippen LogP) is 11.8. The Bertz CT molecular complexity index is 2420. The molecule has 2 nitrogen and oxygen atoms in total. The number of hydrogen-bond acceptors (Lipinski definition) is 2. The van der Waals surface area contributed by atoms with E-state index in [-0.39, 0.29) is 0 Å². The van der Waals surface area contributed by atoms with Crippen LogP contribution in [0, 0.1) is 0 Å². The Kier molecular flexibility index (Phi) is 6.17. The van der Waals surface area contributed by atoms with Crippen molar-refractivity contribution >= 4 is 43.1 Å². The van der Waals surface area contributed by atoms with E-state index in [1.54, 1.807) is 6.33 Å². The number of nitrogens with zero attached hydrogens (tertiary/aromatic N) is 2. The van der Waals surface area contributed by atoms with Crippen LogP contribution in [0.4, 0.5) is 0 Å². The molecule has 0 bridgehead atoms. The van der Waals surface area contributed by atoms with Gasteiger partial charge in [0.05, 0.1) is 11.4 Å². The van der Waals surface area contributed by atoms with E-state index in [9.17, 15) is 0 Å². The van der Waals surface area contributed by atoms with Crippen LogP contribution in [0.1, 0.15) is 0 Å². The molecule has 8 aromatic carbocycles. The fourth-order valence-electron chi connectivity index (χ4n) is 6.95. The van der Waals surface area contributed by atoms with E-state index in [0.717, 1.165) is 22.5 Å². The van der Waals surface area contributed by atoms with Crippen LogP contribution in [-0.2, 0) is 0 Å². The molecule has 0 saturated carbocycles. The number of hydrogen-bond donors (Lipinski definition) is 0. The molecule has 9 aromatic rings. The molecule has 0 atom stereocenters. The zero-order chi connectivity index (χ0) is 30.5. The lowest BCUT2D eigenvalue weighted by Gasteiger charge is -2.13. The summed E-state index contributed by atoms with van der Waals surface area (Å²) in [6, 6.07) is 58.7. The molecule has 46 heavy (non-hydrogen) atoms. The average Bonchev–Trinajstić information content (AvgIpc) is 3.14. The van der Waals surface area contributed by atoms with Crippen LogP contribution in [0.3, 0.4) is 0 Å². The first-order valence-electron chi connectivity index (χ1n) is 15.6. The second-order valence-corrected chi connectivity index (χ2v) is 11.8. The van der Waals surface area contributed by atoms with Crippen molar-refractivity contribution in [1.82, 2.24) is 9.97 Å². The monoisotopic (exact) mass is 584 g/mol. The first kappa shape index (κ1) is 26.3. The number of rotatable bonds is 4. The van der Waals surface area contributed by atoms with Crippen LogP contribution < -0.4 is 0 Å². The standard InChI is InChI=1S/C44H28N2/c1-3-17-35-31(11-1)25-41(39-21-7-5-19-37(35)39)29-13-9-15-33(23-29)43-27-44(46-28-45-43)34-16-10-14-30(24-34)42-26-32-12-2-4-18-36(32)38-20-6-8-22-40(38)42/h1-28H. The summed E-state index contributed by atoms with van der Waals surface area (Å²) in [5, 5.41) is 10.1. The zero-order valence-corrected chi connectivity index (χ0v) is 25.1. The highest BCUT2D eigenvalue weighted by atomic mass is 14.8. The van der Waals surface area contributed by atoms with Gasteiger partial charge in [-0.1, -0.05) is 133 Å². The summed E-state index contributed by atoms with van der Waals surface area (Å²) >= 11 is 0. The molecule has 2 heteroatoms. The smallest absolute Gasteiger partial charge is 0.116 e. The zero-order valence-electron chi connectivity index (χ0n) is 25.1. The lowest BCUT2D eigenvalue weighted by molar-refractivity contribution is 1.18. The topological polar surface area (TPSA) is 25.8 Å². The first-order chi connectivity index (χ1) is 22.8.